The van der Waals surface area contributed by atoms with Crippen molar-refractivity contribution in [2.24, 2.45) is 5.92 Å². The number of amides is 1. The van der Waals surface area contributed by atoms with E-state index in [1.54, 1.807) is 17.0 Å². The Morgan fingerprint density at radius 1 is 1.26 bits per heavy atom. The van der Waals surface area contributed by atoms with Gasteiger partial charge in [0.2, 0.25) is 10.0 Å². The number of carbonyl (C=O) groups excluding carboxylic acids is 1. The van der Waals surface area contributed by atoms with Crippen LogP contribution in [0.25, 0.3) is 0 Å². The highest BCUT2D eigenvalue weighted by Crippen LogP contribution is 2.31. The van der Waals surface area contributed by atoms with Gasteiger partial charge >= 0.3 is 6.09 Å². The van der Waals surface area contributed by atoms with Gasteiger partial charge in [-0.1, -0.05) is 12.2 Å². The molecule has 1 saturated carbocycles. The number of hydrogen-bond acceptors (Lipinski definition) is 6. The van der Waals surface area contributed by atoms with Crippen molar-refractivity contribution in [1.29, 1.82) is 0 Å². The van der Waals surface area contributed by atoms with Crippen LogP contribution in [0.1, 0.15) is 12.8 Å². The third-order valence-electron chi connectivity index (χ3n) is 5.68. The predicted octanol–water partition coefficient (Wildman–Crippen LogP) is 2.13. The summed E-state index contributed by atoms with van der Waals surface area (Å²) in [6, 6.07) is 4.59. The van der Waals surface area contributed by atoms with Crippen molar-refractivity contribution < 1.29 is 22.3 Å². The zero-order chi connectivity index (χ0) is 22.2. The number of halogens is 2. The average Bonchev–Trinajstić information content (AvgIpc) is 3.55. The molecule has 2 saturated heterocycles. The van der Waals surface area contributed by atoms with Crippen LogP contribution in [0.15, 0.2) is 18.2 Å². The number of carbonyl (C=O) groups is 1. The van der Waals surface area contributed by atoms with E-state index in [0.29, 0.717) is 43.5 Å². The molecule has 1 amide bonds. The van der Waals surface area contributed by atoms with Crippen LogP contribution in [-0.2, 0) is 14.8 Å². The maximum atomic E-state index is 14.9. The van der Waals surface area contributed by atoms with Gasteiger partial charge in [0, 0.05) is 32.1 Å². The van der Waals surface area contributed by atoms with Crippen LogP contribution in [0.4, 0.5) is 20.6 Å². The largest absolute Gasteiger partial charge is 0.442 e. The Hall–Kier alpha value is -1.69. The van der Waals surface area contributed by atoms with Crippen LogP contribution in [0.2, 0.25) is 0 Å². The highest BCUT2D eigenvalue weighted by molar-refractivity contribution is 7.90. The molecule has 1 atom stereocenters. The van der Waals surface area contributed by atoms with E-state index in [1.165, 1.54) is 15.3 Å². The van der Waals surface area contributed by atoms with Gasteiger partial charge in [-0.2, -0.15) is 4.31 Å². The van der Waals surface area contributed by atoms with Gasteiger partial charge in [-0.3, -0.25) is 4.90 Å². The molecule has 0 radical (unpaired) electrons. The molecule has 1 N–H and O–H groups in total. The molecule has 1 aliphatic carbocycles. The van der Waals surface area contributed by atoms with E-state index in [4.69, 9.17) is 28.6 Å². The summed E-state index contributed by atoms with van der Waals surface area (Å²) in [7, 11) is -3.47. The average molecular weight is 491 g/mol. The maximum Gasteiger partial charge on any atom is 0.414 e. The number of anilines is 2. The number of ether oxygens (including phenoxy) is 1. The smallest absolute Gasteiger partial charge is 0.414 e. The van der Waals surface area contributed by atoms with Gasteiger partial charge in [-0.25, -0.2) is 17.6 Å². The first-order valence-electron chi connectivity index (χ1n) is 10.1. The minimum absolute atomic E-state index is 0.242. The number of cyclic esters (lactones) is 1. The second-order valence-electron chi connectivity index (χ2n) is 7.88. The summed E-state index contributed by atoms with van der Waals surface area (Å²) < 4.78 is 45.3. The summed E-state index contributed by atoms with van der Waals surface area (Å²) in [5.41, 5.74) is 0.786. The van der Waals surface area contributed by atoms with Crippen molar-refractivity contribution in [3.05, 3.63) is 24.0 Å². The Labute approximate surface area is 191 Å². The van der Waals surface area contributed by atoms with Gasteiger partial charge < -0.3 is 15.0 Å². The van der Waals surface area contributed by atoms with E-state index in [1.807, 2.05) is 0 Å². The Bertz CT molecular complexity index is 968. The summed E-state index contributed by atoms with van der Waals surface area (Å²) in [5.74, 6) is -0.0304. The fourth-order valence-electron chi connectivity index (χ4n) is 3.74. The topological polar surface area (TPSA) is 82.2 Å². The van der Waals surface area contributed by atoms with Crippen LogP contribution in [0.5, 0.6) is 0 Å². The third kappa shape index (κ3) is 5.05. The number of nitrogens with one attached hydrogen (secondary N) is 1. The van der Waals surface area contributed by atoms with Gasteiger partial charge in [0.1, 0.15) is 17.1 Å². The van der Waals surface area contributed by atoms with Crippen LogP contribution in [0, 0.1) is 11.7 Å². The number of rotatable bonds is 7. The lowest BCUT2D eigenvalue weighted by atomic mass is 10.2. The molecule has 8 nitrogen and oxygen atoms in total. The number of nitrogens with zero attached hydrogens (tertiary/aromatic N) is 3. The fraction of sp³-hybridized carbons (Fsp3) is 0.579. The zero-order valence-electron chi connectivity index (χ0n) is 16.8. The van der Waals surface area contributed by atoms with Gasteiger partial charge in [0.15, 0.2) is 0 Å². The molecule has 0 bridgehead atoms. The summed E-state index contributed by atoms with van der Waals surface area (Å²) >= 11 is 10.8. The van der Waals surface area contributed by atoms with E-state index < -0.39 is 27.1 Å². The minimum Gasteiger partial charge on any atom is -0.442 e. The molecular weight excluding hydrogens is 467 g/mol. The first-order chi connectivity index (χ1) is 14.8. The monoisotopic (exact) mass is 490 g/mol. The SMILES string of the molecule is O=C1O[C@@H](CNC(=S)C2CC2)CN1c1ccc(N2CCN(S(=O)(=O)CCl)CC2)c(F)c1. The molecule has 3 aliphatic rings. The molecule has 0 spiro atoms. The molecule has 0 unspecified atom stereocenters. The summed E-state index contributed by atoms with van der Waals surface area (Å²) in [5, 5.41) is 2.69. The van der Waals surface area contributed by atoms with E-state index in [9.17, 15) is 17.6 Å². The van der Waals surface area contributed by atoms with E-state index >= 15 is 0 Å². The molecule has 4 rings (SSSR count). The van der Waals surface area contributed by atoms with Gasteiger partial charge in [0.25, 0.3) is 0 Å². The van der Waals surface area contributed by atoms with Gasteiger partial charge in [-0.15, -0.1) is 11.6 Å². The molecule has 2 heterocycles. The minimum atomic E-state index is -3.47. The molecule has 1 aromatic rings. The van der Waals surface area contributed by atoms with E-state index in [-0.39, 0.29) is 19.2 Å². The highest BCUT2D eigenvalue weighted by Gasteiger charge is 2.34. The zero-order valence-corrected chi connectivity index (χ0v) is 19.2. The number of thiocarbonyl (C=S) groups is 1. The van der Waals surface area contributed by atoms with Crippen molar-refractivity contribution in [2.75, 3.05) is 54.3 Å². The van der Waals surface area contributed by atoms with Crippen molar-refractivity contribution in [3.8, 4) is 0 Å². The van der Waals surface area contributed by atoms with Crippen LogP contribution >= 0.6 is 23.8 Å². The summed E-state index contributed by atoms with van der Waals surface area (Å²) in [4.78, 5) is 16.3. The Morgan fingerprint density at radius 2 is 1.97 bits per heavy atom. The van der Waals surface area contributed by atoms with Crippen molar-refractivity contribution in [1.82, 2.24) is 9.62 Å². The standard InChI is InChI=1S/C19H24ClFN4O4S2/c20-12-31(27,28)24-7-5-23(6-8-24)17-4-3-14(9-16(17)21)25-11-15(29-19(25)26)10-22-18(30)13-1-2-13/h3-4,9,13,15H,1-2,5-8,10-12H2,(H,22,30)/t15-/m0/s1. The normalized spacial score (nSPS) is 22.5. The number of sulfonamides is 1. The first-order valence-corrected chi connectivity index (χ1v) is 12.7. The van der Waals surface area contributed by atoms with Crippen LogP contribution in [0.3, 0.4) is 0 Å². The van der Waals surface area contributed by atoms with Gasteiger partial charge in [-0.05, 0) is 31.0 Å². The van der Waals surface area contributed by atoms with E-state index in [0.717, 1.165) is 17.8 Å². The lowest BCUT2D eigenvalue weighted by molar-refractivity contribution is 0.143. The first kappa shape index (κ1) is 22.5. The second kappa shape index (κ2) is 9.05. The predicted molar refractivity (Wildman–Crippen MR) is 121 cm³/mol. The maximum absolute atomic E-state index is 14.9. The van der Waals surface area contributed by atoms with Crippen molar-refractivity contribution in [3.63, 3.8) is 0 Å². The van der Waals surface area contributed by atoms with Crippen LogP contribution in [-0.4, -0.2) is 74.4 Å². The molecule has 12 heteroatoms. The number of hydrogen-bond donors (Lipinski definition) is 1. The molecular formula is C19H24ClFN4O4S2. The molecule has 3 fully saturated rings. The number of benzene rings is 1. The number of alkyl halides is 1. The summed E-state index contributed by atoms with van der Waals surface area (Å²) in [6.45, 7) is 1.94. The van der Waals surface area contributed by atoms with Crippen molar-refractivity contribution in [2.45, 2.75) is 18.9 Å². The molecule has 170 valence electrons. The van der Waals surface area contributed by atoms with Gasteiger partial charge in [0.05, 0.1) is 29.5 Å². The lowest BCUT2D eigenvalue weighted by Gasteiger charge is -2.35. The fourth-order valence-corrected chi connectivity index (χ4v) is 5.33. The Kier molecular flexibility index (Phi) is 6.57. The molecule has 2 aliphatic heterocycles. The van der Waals surface area contributed by atoms with Crippen molar-refractivity contribution >= 4 is 56.3 Å². The molecule has 31 heavy (non-hydrogen) atoms. The third-order valence-corrected chi connectivity index (χ3v) is 8.41. The highest BCUT2D eigenvalue weighted by atomic mass is 35.5. The molecule has 0 aromatic heterocycles. The van der Waals surface area contributed by atoms with E-state index in [2.05, 4.69) is 5.32 Å². The van der Waals surface area contributed by atoms with Crippen LogP contribution < -0.4 is 15.1 Å². The lowest BCUT2D eigenvalue weighted by Crippen LogP contribution is -2.49. The second-order valence-corrected chi connectivity index (χ2v) is 10.9. The number of piperazine rings is 1. The Balaban J connectivity index is 1.36. The quantitative estimate of drug-likeness (QED) is 0.463. The summed E-state index contributed by atoms with van der Waals surface area (Å²) in [6.07, 6.45) is 1.33. The molecule has 1 aromatic carbocycles. The Morgan fingerprint density at radius 3 is 2.58 bits per heavy atom.